The van der Waals surface area contributed by atoms with Gasteiger partial charge in [0.15, 0.2) is 0 Å². The zero-order chi connectivity index (χ0) is 6.99. The molecule has 0 saturated carbocycles. The summed E-state index contributed by atoms with van der Waals surface area (Å²) in [7, 11) is 0. The van der Waals surface area contributed by atoms with Crippen LogP contribution in [0.15, 0.2) is 0 Å². The largest absolute Gasteiger partial charge is 0.307 e. The Morgan fingerprint density at radius 1 is 1.50 bits per heavy atom. The Kier molecular flexibility index (Phi) is 13.6. The van der Waals surface area contributed by atoms with Gasteiger partial charge in [-0.3, -0.25) is 0 Å². The van der Waals surface area contributed by atoms with Gasteiger partial charge in [-0.1, -0.05) is 13.8 Å². The van der Waals surface area contributed by atoms with Gasteiger partial charge in [-0.15, -0.1) is 11.6 Å². The molecule has 0 aromatic heterocycles. The predicted molar refractivity (Wildman–Crippen MR) is 37.3 cm³/mol. The molecule has 0 aliphatic heterocycles. The number of alkyl halides is 1. The van der Waals surface area contributed by atoms with Crippen molar-refractivity contribution >= 4 is 18.4 Å². The molecule has 2 heteroatoms. The molecular weight excluding hydrogens is 124 g/mol. The Balaban J connectivity index is 0. The summed E-state index contributed by atoms with van der Waals surface area (Å²) in [5, 5.41) is 0. The van der Waals surface area contributed by atoms with E-state index in [-0.39, 0.29) is 0 Å². The van der Waals surface area contributed by atoms with E-state index in [2.05, 4.69) is 13.8 Å². The fourth-order valence-corrected chi connectivity index (χ4v) is 0.655. The molecule has 0 spiro atoms. The third-order valence-electron chi connectivity index (χ3n) is 0.686. The van der Waals surface area contributed by atoms with Gasteiger partial charge in [0.05, 0.1) is 0 Å². The summed E-state index contributed by atoms with van der Waals surface area (Å²) >= 11 is 5.40. The van der Waals surface area contributed by atoms with Gasteiger partial charge in [-0.25, -0.2) is 0 Å². The SMILES string of the molecule is C=O.CC(C)CCCl. The maximum Gasteiger partial charge on any atom is 0.106 e. The van der Waals surface area contributed by atoms with Crippen LogP contribution in [0.5, 0.6) is 0 Å². The van der Waals surface area contributed by atoms with Crippen molar-refractivity contribution in [2.75, 3.05) is 5.88 Å². The number of halogens is 1. The molecule has 0 fully saturated rings. The van der Waals surface area contributed by atoms with E-state index in [1.165, 1.54) is 0 Å². The molecule has 0 amide bonds. The lowest BCUT2D eigenvalue weighted by molar-refractivity contribution is -0.0979. The second-order valence-electron chi connectivity index (χ2n) is 1.87. The van der Waals surface area contributed by atoms with Crippen molar-refractivity contribution in [3.8, 4) is 0 Å². The standard InChI is InChI=1S/C5H11Cl.CH2O/c1-5(2)3-4-6;1-2/h5H,3-4H2,1-2H3;1H2. The molecule has 0 heterocycles. The number of hydrogen-bond donors (Lipinski definition) is 0. The average molecular weight is 137 g/mol. The van der Waals surface area contributed by atoms with Crippen LogP contribution in [0.2, 0.25) is 0 Å². The van der Waals surface area contributed by atoms with Gasteiger partial charge in [0.1, 0.15) is 6.79 Å². The fourth-order valence-electron chi connectivity index (χ4n) is 0.218. The summed E-state index contributed by atoms with van der Waals surface area (Å²) in [5.74, 6) is 1.57. The van der Waals surface area contributed by atoms with E-state index in [0.717, 1.165) is 18.2 Å². The molecule has 0 N–H and O–H groups in total. The number of carbonyl (C=O) groups excluding carboxylic acids is 1. The third kappa shape index (κ3) is 16.7. The lowest BCUT2D eigenvalue weighted by Gasteiger charge is -1.94. The summed E-state index contributed by atoms with van der Waals surface area (Å²) in [6, 6.07) is 0. The molecule has 0 rings (SSSR count). The molecular formula is C6H13ClO. The summed E-state index contributed by atoms with van der Waals surface area (Å²) in [6.45, 7) is 6.34. The number of carbonyl (C=O) groups is 1. The Hall–Kier alpha value is -0.0400. The second-order valence-corrected chi connectivity index (χ2v) is 2.25. The first kappa shape index (κ1) is 10.9. The van der Waals surface area contributed by atoms with Gasteiger partial charge in [0.2, 0.25) is 0 Å². The van der Waals surface area contributed by atoms with Gasteiger partial charge >= 0.3 is 0 Å². The molecule has 50 valence electrons. The summed E-state index contributed by atoms with van der Waals surface area (Å²) in [6.07, 6.45) is 1.14. The highest BCUT2D eigenvalue weighted by Gasteiger charge is 1.86. The molecule has 0 aromatic carbocycles. The molecule has 0 atom stereocenters. The smallest absolute Gasteiger partial charge is 0.106 e. The van der Waals surface area contributed by atoms with Crippen molar-refractivity contribution in [3.05, 3.63) is 0 Å². The zero-order valence-electron chi connectivity index (χ0n) is 5.48. The van der Waals surface area contributed by atoms with Crippen LogP contribution in [0.1, 0.15) is 20.3 Å². The fraction of sp³-hybridized carbons (Fsp3) is 0.833. The minimum absolute atomic E-state index is 0.766. The van der Waals surface area contributed by atoms with Gasteiger partial charge < -0.3 is 4.79 Å². The van der Waals surface area contributed by atoms with E-state index >= 15 is 0 Å². The average Bonchev–Trinajstić information content (AvgIpc) is 1.72. The van der Waals surface area contributed by atoms with E-state index in [1.807, 2.05) is 6.79 Å². The first-order valence-electron chi connectivity index (χ1n) is 2.62. The quantitative estimate of drug-likeness (QED) is 0.532. The molecule has 0 unspecified atom stereocenters. The summed E-state index contributed by atoms with van der Waals surface area (Å²) in [4.78, 5) is 8.00. The van der Waals surface area contributed by atoms with E-state index in [9.17, 15) is 0 Å². The Morgan fingerprint density at radius 2 is 1.88 bits per heavy atom. The molecule has 0 aromatic rings. The van der Waals surface area contributed by atoms with Crippen LogP contribution in [0, 0.1) is 5.92 Å². The second kappa shape index (κ2) is 10.0. The third-order valence-corrected chi connectivity index (χ3v) is 0.905. The van der Waals surface area contributed by atoms with E-state index in [1.54, 1.807) is 0 Å². The lowest BCUT2D eigenvalue weighted by atomic mass is 10.2. The van der Waals surface area contributed by atoms with Crippen LogP contribution in [0.4, 0.5) is 0 Å². The normalized spacial score (nSPS) is 8.00. The minimum atomic E-state index is 0.766. The van der Waals surface area contributed by atoms with Gasteiger partial charge in [-0.2, -0.15) is 0 Å². The van der Waals surface area contributed by atoms with E-state index < -0.39 is 0 Å². The summed E-state index contributed by atoms with van der Waals surface area (Å²) in [5.41, 5.74) is 0. The van der Waals surface area contributed by atoms with Crippen molar-refractivity contribution < 1.29 is 4.79 Å². The topological polar surface area (TPSA) is 17.1 Å². The zero-order valence-corrected chi connectivity index (χ0v) is 6.24. The molecule has 0 radical (unpaired) electrons. The van der Waals surface area contributed by atoms with Crippen molar-refractivity contribution in [2.45, 2.75) is 20.3 Å². The molecule has 0 aliphatic carbocycles. The highest BCUT2D eigenvalue weighted by atomic mass is 35.5. The molecule has 0 bridgehead atoms. The maximum absolute atomic E-state index is 8.00. The van der Waals surface area contributed by atoms with Gasteiger partial charge in [0, 0.05) is 5.88 Å². The molecule has 8 heavy (non-hydrogen) atoms. The van der Waals surface area contributed by atoms with Crippen LogP contribution in [0.25, 0.3) is 0 Å². The van der Waals surface area contributed by atoms with Gasteiger partial charge in [0.25, 0.3) is 0 Å². The minimum Gasteiger partial charge on any atom is -0.307 e. The van der Waals surface area contributed by atoms with E-state index in [4.69, 9.17) is 16.4 Å². The maximum atomic E-state index is 8.00. The first-order chi connectivity index (χ1) is 3.77. The lowest BCUT2D eigenvalue weighted by Crippen LogP contribution is -1.85. The Labute approximate surface area is 56.0 Å². The highest BCUT2D eigenvalue weighted by Crippen LogP contribution is 1.98. The van der Waals surface area contributed by atoms with Gasteiger partial charge in [-0.05, 0) is 12.3 Å². The first-order valence-corrected chi connectivity index (χ1v) is 3.15. The summed E-state index contributed by atoms with van der Waals surface area (Å²) < 4.78 is 0. The van der Waals surface area contributed by atoms with Crippen molar-refractivity contribution in [2.24, 2.45) is 5.92 Å². The van der Waals surface area contributed by atoms with Crippen molar-refractivity contribution in [3.63, 3.8) is 0 Å². The van der Waals surface area contributed by atoms with Crippen LogP contribution in [-0.4, -0.2) is 12.7 Å². The van der Waals surface area contributed by atoms with Crippen molar-refractivity contribution in [1.82, 2.24) is 0 Å². The van der Waals surface area contributed by atoms with Crippen LogP contribution >= 0.6 is 11.6 Å². The highest BCUT2D eigenvalue weighted by molar-refractivity contribution is 6.17. The monoisotopic (exact) mass is 136 g/mol. The molecule has 0 aliphatic rings. The van der Waals surface area contributed by atoms with E-state index in [0.29, 0.717) is 0 Å². The number of rotatable bonds is 2. The Bertz CT molecular complexity index is 37.5. The van der Waals surface area contributed by atoms with Crippen LogP contribution in [-0.2, 0) is 4.79 Å². The Morgan fingerprint density at radius 3 is 1.88 bits per heavy atom. The van der Waals surface area contributed by atoms with Crippen molar-refractivity contribution in [1.29, 1.82) is 0 Å². The predicted octanol–water partition coefficient (Wildman–Crippen LogP) is 2.09. The van der Waals surface area contributed by atoms with Crippen LogP contribution < -0.4 is 0 Å². The number of hydrogen-bond acceptors (Lipinski definition) is 1. The molecule has 0 saturated heterocycles. The van der Waals surface area contributed by atoms with Crippen LogP contribution in [0.3, 0.4) is 0 Å². The molecule has 1 nitrogen and oxygen atoms in total.